The van der Waals surface area contributed by atoms with Crippen molar-refractivity contribution in [2.24, 2.45) is 0 Å². The molecule has 0 fully saturated rings. The average Bonchev–Trinajstić information content (AvgIpc) is 2.70. The molecule has 0 aliphatic rings. The zero-order valence-corrected chi connectivity index (χ0v) is 12.1. The van der Waals surface area contributed by atoms with E-state index in [2.05, 4.69) is 9.97 Å². The molecule has 0 aliphatic heterocycles. The Morgan fingerprint density at radius 3 is 3.05 bits per heavy atom. The molecule has 0 unspecified atom stereocenters. The van der Waals surface area contributed by atoms with Crippen LogP contribution in [0.5, 0.6) is 0 Å². The minimum Gasteiger partial charge on any atom is -0.450 e. The number of aromatic nitrogens is 2. The van der Waals surface area contributed by atoms with Crippen LogP contribution in [0.2, 0.25) is 0 Å². The van der Waals surface area contributed by atoms with Gasteiger partial charge in [0.1, 0.15) is 22.3 Å². The van der Waals surface area contributed by atoms with Crippen LogP contribution in [0.3, 0.4) is 0 Å². The lowest BCUT2D eigenvalue weighted by Gasteiger charge is -2.02. The minimum atomic E-state index is -0.414. The summed E-state index contributed by atoms with van der Waals surface area (Å²) < 4.78 is 4.70. The molecule has 2 heterocycles. The highest BCUT2D eigenvalue weighted by Gasteiger charge is 2.13. The number of aryl methyl sites for hydroxylation is 2. The topological polar surface area (TPSA) is 75.9 Å². The van der Waals surface area contributed by atoms with Crippen molar-refractivity contribution in [1.29, 1.82) is 5.26 Å². The monoisotopic (exact) mass is 293 g/mol. The maximum atomic E-state index is 11.4. The highest BCUT2D eigenvalue weighted by atomic mass is 32.2. The van der Waals surface area contributed by atoms with Gasteiger partial charge in [0.25, 0.3) is 0 Å². The molecular weight excluding hydrogens is 282 g/mol. The predicted octanol–water partition coefficient (Wildman–Crippen LogP) is 2.47. The summed E-state index contributed by atoms with van der Waals surface area (Å²) in [5.74, 6) is -0.273. The maximum absolute atomic E-state index is 11.4. The maximum Gasteiger partial charge on any atom is 0.317 e. The van der Waals surface area contributed by atoms with Crippen molar-refractivity contribution in [2.45, 2.75) is 18.9 Å². The first-order valence-corrected chi connectivity index (χ1v) is 7.29. The third kappa shape index (κ3) is 3.03. The van der Waals surface area contributed by atoms with E-state index in [4.69, 9.17) is 10.00 Å². The number of carbonyl (C=O) groups excluding carboxylic acids is 1. The van der Waals surface area contributed by atoms with Crippen LogP contribution in [-0.2, 0) is 9.53 Å². The zero-order chi connectivity index (χ0) is 13.8. The molecule has 0 N–H and O–H groups in total. The first-order chi connectivity index (χ1) is 9.13. The van der Waals surface area contributed by atoms with Crippen LogP contribution in [-0.4, -0.2) is 28.3 Å². The van der Waals surface area contributed by atoms with Gasteiger partial charge in [0, 0.05) is 10.3 Å². The third-order valence-electron chi connectivity index (χ3n) is 2.56. The Morgan fingerprint density at radius 2 is 2.32 bits per heavy atom. The van der Waals surface area contributed by atoms with Gasteiger partial charge in [0.15, 0.2) is 6.61 Å². The fraction of sp³-hybridized carbons (Fsp3) is 0.333. The molecule has 2 rings (SSSR count). The van der Waals surface area contributed by atoms with Crippen LogP contribution >= 0.6 is 23.1 Å². The van der Waals surface area contributed by atoms with E-state index >= 15 is 0 Å². The van der Waals surface area contributed by atoms with E-state index < -0.39 is 5.97 Å². The Balaban J connectivity index is 2.17. The smallest absolute Gasteiger partial charge is 0.317 e. The summed E-state index contributed by atoms with van der Waals surface area (Å²) in [6, 6.07) is 1.76. The van der Waals surface area contributed by atoms with Crippen LogP contribution in [0.1, 0.15) is 10.4 Å². The van der Waals surface area contributed by atoms with Gasteiger partial charge < -0.3 is 4.74 Å². The summed E-state index contributed by atoms with van der Waals surface area (Å²) in [6.07, 6.45) is 1.50. The number of fused-ring (bicyclic) bond motifs is 1. The number of rotatable bonds is 4. The fourth-order valence-corrected chi connectivity index (χ4v) is 3.46. The summed E-state index contributed by atoms with van der Waals surface area (Å²) in [5.41, 5.74) is 1.15. The number of nitriles is 1. The summed E-state index contributed by atoms with van der Waals surface area (Å²) in [4.78, 5) is 21.9. The van der Waals surface area contributed by atoms with Gasteiger partial charge in [-0.05, 0) is 19.4 Å². The molecule has 0 bridgehead atoms. The average molecular weight is 293 g/mol. The molecule has 98 valence electrons. The molecule has 0 saturated heterocycles. The largest absolute Gasteiger partial charge is 0.450 e. The number of ether oxygens (including phenoxy) is 1. The highest BCUT2D eigenvalue weighted by Crippen LogP contribution is 2.34. The number of carbonyl (C=O) groups is 1. The first kappa shape index (κ1) is 13.8. The summed E-state index contributed by atoms with van der Waals surface area (Å²) in [7, 11) is 0. The van der Waals surface area contributed by atoms with Crippen LogP contribution in [0.15, 0.2) is 11.4 Å². The predicted molar refractivity (Wildman–Crippen MR) is 74.2 cm³/mol. The van der Waals surface area contributed by atoms with Crippen LogP contribution in [0.25, 0.3) is 10.2 Å². The van der Waals surface area contributed by atoms with Gasteiger partial charge in [-0.1, -0.05) is 11.8 Å². The molecule has 0 atom stereocenters. The molecular formula is C12H11N3O2S2. The van der Waals surface area contributed by atoms with Gasteiger partial charge in [-0.15, -0.1) is 11.3 Å². The van der Waals surface area contributed by atoms with E-state index in [0.717, 1.165) is 20.8 Å². The van der Waals surface area contributed by atoms with E-state index in [1.54, 1.807) is 17.4 Å². The zero-order valence-electron chi connectivity index (χ0n) is 10.5. The third-order valence-corrected chi connectivity index (χ3v) is 4.63. The van der Waals surface area contributed by atoms with Gasteiger partial charge in [-0.25, -0.2) is 9.97 Å². The summed E-state index contributed by atoms with van der Waals surface area (Å²) in [5, 5.41) is 10.1. The molecule has 19 heavy (non-hydrogen) atoms. The fourth-order valence-electron chi connectivity index (χ4n) is 1.54. The van der Waals surface area contributed by atoms with Crippen LogP contribution in [0, 0.1) is 25.2 Å². The van der Waals surface area contributed by atoms with Crippen LogP contribution in [0.4, 0.5) is 0 Å². The van der Waals surface area contributed by atoms with Crippen molar-refractivity contribution in [2.75, 3.05) is 12.4 Å². The van der Waals surface area contributed by atoms with Crippen molar-refractivity contribution in [3.05, 3.63) is 16.8 Å². The number of nitrogens with zero attached hydrogens (tertiary/aromatic N) is 3. The van der Waals surface area contributed by atoms with E-state index in [1.165, 1.54) is 23.0 Å². The second kappa shape index (κ2) is 5.99. The van der Waals surface area contributed by atoms with Gasteiger partial charge in [0.05, 0.1) is 5.75 Å². The first-order valence-electron chi connectivity index (χ1n) is 5.49. The van der Waals surface area contributed by atoms with Gasteiger partial charge in [0.2, 0.25) is 0 Å². The SMILES string of the molecule is Cc1sc2ncnc(SCC(=O)OCC#N)c2c1C. The number of esters is 1. The van der Waals surface area contributed by atoms with Gasteiger partial charge >= 0.3 is 5.97 Å². The van der Waals surface area contributed by atoms with E-state index in [0.29, 0.717) is 0 Å². The molecule has 0 aliphatic carbocycles. The normalized spacial score (nSPS) is 10.4. The minimum absolute atomic E-state index is 0.141. The molecule has 0 saturated carbocycles. The van der Waals surface area contributed by atoms with E-state index in [9.17, 15) is 4.79 Å². The van der Waals surface area contributed by atoms with Crippen molar-refractivity contribution < 1.29 is 9.53 Å². The van der Waals surface area contributed by atoms with Crippen molar-refractivity contribution in [3.8, 4) is 6.07 Å². The number of hydrogen-bond donors (Lipinski definition) is 0. The quantitative estimate of drug-likeness (QED) is 0.489. The van der Waals surface area contributed by atoms with Crippen LogP contribution < -0.4 is 0 Å². The number of thiophene rings is 1. The Hall–Kier alpha value is -1.65. The highest BCUT2D eigenvalue weighted by molar-refractivity contribution is 8.00. The Morgan fingerprint density at radius 1 is 1.53 bits per heavy atom. The Bertz CT molecular complexity index is 661. The Labute approximate surface area is 118 Å². The summed E-state index contributed by atoms with van der Waals surface area (Å²) in [6.45, 7) is 3.85. The molecule has 7 heteroatoms. The molecule has 0 amide bonds. The molecule has 5 nitrogen and oxygen atoms in total. The number of hydrogen-bond acceptors (Lipinski definition) is 7. The number of thioether (sulfide) groups is 1. The van der Waals surface area contributed by atoms with Crippen molar-refractivity contribution in [3.63, 3.8) is 0 Å². The molecule has 2 aromatic heterocycles. The van der Waals surface area contributed by atoms with Gasteiger partial charge in [-0.3, -0.25) is 4.79 Å². The molecule has 2 aromatic rings. The lowest BCUT2D eigenvalue weighted by Crippen LogP contribution is -2.07. The van der Waals surface area contributed by atoms with E-state index in [1.807, 2.05) is 13.8 Å². The van der Waals surface area contributed by atoms with Crippen molar-refractivity contribution >= 4 is 39.3 Å². The summed E-state index contributed by atoms with van der Waals surface area (Å²) >= 11 is 2.92. The lowest BCUT2D eigenvalue weighted by molar-refractivity contribution is -0.139. The van der Waals surface area contributed by atoms with Gasteiger partial charge in [-0.2, -0.15) is 5.26 Å². The Kier molecular flexibility index (Phi) is 4.35. The van der Waals surface area contributed by atoms with Crippen molar-refractivity contribution in [1.82, 2.24) is 9.97 Å². The second-order valence-electron chi connectivity index (χ2n) is 3.75. The molecule has 0 aromatic carbocycles. The standard InChI is InChI=1S/C12H11N3O2S2/c1-7-8(2)19-12-10(7)11(14-6-15-12)18-5-9(16)17-4-3-13/h6H,4-5H2,1-2H3. The second-order valence-corrected chi connectivity index (χ2v) is 5.92. The van der Waals surface area contributed by atoms with E-state index in [-0.39, 0.29) is 12.4 Å². The molecule has 0 spiro atoms. The molecule has 0 radical (unpaired) electrons. The lowest BCUT2D eigenvalue weighted by atomic mass is 10.2.